The lowest BCUT2D eigenvalue weighted by atomic mass is 10.2. The van der Waals surface area contributed by atoms with Crippen LogP contribution in [0.15, 0.2) is 35.4 Å². The van der Waals surface area contributed by atoms with Crippen molar-refractivity contribution < 1.29 is 9.53 Å². The molecule has 0 spiro atoms. The fourth-order valence-corrected chi connectivity index (χ4v) is 3.33. The Morgan fingerprint density at radius 3 is 2.44 bits per heavy atom. The minimum absolute atomic E-state index is 0.287. The maximum atomic E-state index is 11.8. The maximum Gasteiger partial charge on any atom is 0.338 e. The predicted molar refractivity (Wildman–Crippen MR) is 108 cm³/mol. The molecule has 0 amide bonds. The monoisotopic (exact) mass is 368 g/mol. The van der Waals surface area contributed by atoms with Crippen molar-refractivity contribution in [1.82, 2.24) is 14.5 Å². The van der Waals surface area contributed by atoms with Crippen molar-refractivity contribution in [2.24, 2.45) is 5.10 Å². The summed E-state index contributed by atoms with van der Waals surface area (Å²) in [4.78, 5) is 14.1. The number of ether oxygens (including phenoxy) is 1. The third-order valence-electron chi connectivity index (χ3n) is 4.95. The Labute approximate surface area is 161 Å². The molecule has 1 fully saturated rings. The third-order valence-corrected chi connectivity index (χ3v) is 4.95. The molecule has 144 valence electrons. The summed E-state index contributed by atoms with van der Waals surface area (Å²) in [6.07, 6.45) is 1.96. The molecule has 6 nitrogen and oxygen atoms in total. The molecule has 0 bridgehead atoms. The highest BCUT2D eigenvalue weighted by atomic mass is 16.5. The van der Waals surface area contributed by atoms with E-state index in [1.54, 1.807) is 0 Å². The van der Waals surface area contributed by atoms with Crippen LogP contribution >= 0.6 is 0 Å². The molecule has 1 aliphatic rings. The summed E-state index contributed by atoms with van der Waals surface area (Å²) >= 11 is 0. The molecular weight excluding hydrogens is 340 g/mol. The summed E-state index contributed by atoms with van der Waals surface area (Å²) in [6, 6.07) is 9.67. The summed E-state index contributed by atoms with van der Waals surface area (Å²) < 4.78 is 7.23. The molecule has 0 aliphatic carbocycles. The van der Waals surface area contributed by atoms with E-state index in [0.29, 0.717) is 12.2 Å². The van der Waals surface area contributed by atoms with Gasteiger partial charge in [0.25, 0.3) is 0 Å². The van der Waals surface area contributed by atoms with Crippen molar-refractivity contribution in [2.45, 2.75) is 20.8 Å². The zero-order valence-electron chi connectivity index (χ0n) is 16.6. The second kappa shape index (κ2) is 8.39. The number of aromatic nitrogens is 1. The minimum atomic E-state index is -0.287. The van der Waals surface area contributed by atoms with Gasteiger partial charge in [0, 0.05) is 48.8 Å². The molecule has 0 atom stereocenters. The summed E-state index contributed by atoms with van der Waals surface area (Å²) in [5, 5.41) is 6.79. The van der Waals surface area contributed by atoms with Gasteiger partial charge in [-0.1, -0.05) is 0 Å². The number of nitrogens with zero attached hydrogens (tertiary/aromatic N) is 4. The highest BCUT2D eigenvalue weighted by Gasteiger charge is 2.13. The van der Waals surface area contributed by atoms with Crippen LogP contribution in [-0.4, -0.2) is 66.5 Å². The largest absolute Gasteiger partial charge is 0.462 e. The number of likely N-dealkylation sites (N-methyl/N-ethyl adjacent to an activating group) is 1. The molecule has 0 N–H and O–H groups in total. The predicted octanol–water partition coefficient (Wildman–Crippen LogP) is 2.85. The Balaban J connectivity index is 1.78. The molecule has 1 saturated heterocycles. The first kappa shape index (κ1) is 19.2. The van der Waals surface area contributed by atoms with E-state index in [2.05, 4.69) is 46.5 Å². The molecule has 1 aromatic carbocycles. The normalized spacial score (nSPS) is 15.5. The second-order valence-corrected chi connectivity index (χ2v) is 6.93. The van der Waals surface area contributed by atoms with E-state index in [1.807, 2.05) is 37.4 Å². The molecule has 3 rings (SSSR count). The standard InChI is InChI=1S/C21H28N4O2/c1-5-27-21(26)18-6-8-20(9-7-18)25-16(2)14-19(17(25)3)15-22-24-12-10-23(4)11-13-24/h6-9,14-15H,5,10-13H2,1-4H3/b22-15+. The van der Waals surface area contributed by atoms with Gasteiger partial charge in [0.15, 0.2) is 0 Å². The second-order valence-electron chi connectivity index (χ2n) is 6.93. The van der Waals surface area contributed by atoms with Gasteiger partial charge in [0.05, 0.1) is 18.4 Å². The van der Waals surface area contributed by atoms with Gasteiger partial charge in [-0.3, -0.25) is 5.01 Å². The number of carbonyl (C=O) groups is 1. The number of rotatable bonds is 5. The Bertz CT molecular complexity index is 815. The molecule has 2 heterocycles. The first-order chi connectivity index (χ1) is 13.0. The summed E-state index contributed by atoms with van der Waals surface area (Å²) in [7, 11) is 2.14. The zero-order chi connectivity index (χ0) is 19.4. The molecule has 1 aliphatic heterocycles. The Kier molecular flexibility index (Phi) is 5.96. The lowest BCUT2D eigenvalue weighted by Crippen LogP contribution is -2.41. The number of hydrazone groups is 1. The van der Waals surface area contributed by atoms with Crippen molar-refractivity contribution in [3.05, 3.63) is 52.8 Å². The van der Waals surface area contributed by atoms with Crippen LogP contribution in [0.3, 0.4) is 0 Å². The fraction of sp³-hybridized carbons (Fsp3) is 0.429. The Morgan fingerprint density at radius 2 is 1.81 bits per heavy atom. The van der Waals surface area contributed by atoms with Crippen LogP contribution in [0.2, 0.25) is 0 Å². The van der Waals surface area contributed by atoms with Gasteiger partial charge in [-0.2, -0.15) is 5.10 Å². The van der Waals surface area contributed by atoms with Crippen molar-refractivity contribution in [1.29, 1.82) is 0 Å². The molecule has 0 unspecified atom stereocenters. The van der Waals surface area contributed by atoms with E-state index in [9.17, 15) is 4.79 Å². The van der Waals surface area contributed by atoms with Gasteiger partial charge in [-0.05, 0) is 58.2 Å². The first-order valence-electron chi connectivity index (χ1n) is 9.43. The van der Waals surface area contributed by atoms with Gasteiger partial charge in [0.1, 0.15) is 0 Å². The van der Waals surface area contributed by atoms with Crippen LogP contribution in [0.1, 0.15) is 34.2 Å². The number of benzene rings is 1. The van der Waals surface area contributed by atoms with Crippen LogP contribution in [0.5, 0.6) is 0 Å². The highest BCUT2D eigenvalue weighted by molar-refractivity contribution is 5.89. The van der Waals surface area contributed by atoms with Crippen LogP contribution in [0.25, 0.3) is 5.69 Å². The lowest BCUT2D eigenvalue weighted by Gasteiger charge is -2.30. The van der Waals surface area contributed by atoms with Crippen molar-refractivity contribution in [3.63, 3.8) is 0 Å². The molecule has 0 radical (unpaired) electrons. The van der Waals surface area contributed by atoms with Gasteiger partial charge in [0.2, 0.25) is 0 Å². The minimum Gasteiger partial charge on any atom is -0.462 e. The van der Waals surface area contributed by atoms with Crippen molar-refractivity contribution in [2.75, 3.05) is 39.8 Å². The number of hydrogen-bond donors (Lipinski definition) is 0. The van der Waals surface area contributed by atoms with Gasteiger partial charge < -0.3 is 14.2 Å². The molecule has 27 heavy (non-hydrogen) atoms. The van der Waals surface area contributed by atoms with Gasteiger partial charge in [-0.25, -0.2) is 4.79 Å². The number of aryl methyl sites for hydroxylation is 1. The van der Waals surface area contributed by atoms with Crippen LogP contribution in [-0.2, 0) is 4.74 Å². The Hall–Kier alpha value is -2.60. The van der Waals surface area contributed by atoms with E-state index in [0.717, 1.165) is 48.8 Å². The number of esters is 1. The Morgan fingerprint density at radius 1 is 1.15 bits per heavy atom. The lowest BCUT2D eigenvalue weighted by molar-refractivity contribution is 0.0526. The third kappa shape index (κ3) is 4.39. The van der Waals surface area contributed by atoms with Crippen molar-refractivity contribution in [3.8, 4) is 5.69 Å². The SMILES string of the molecule is CCOC(=O)c1ccc(-n2c(C)cc(/C=N/N3CCN(C)CC3)c2C)cc1. The highest BCUT2D eigenvalue weighted by Crippen LogP contribution is 2.20. The first-order valence-corrected chi connectivity index (χ1v) is 9.43. The quantitative estimate of drug-likeness (QED) is 0.602. The molecule has 6 heteroatoms. The smallest absolute Gasteiger partial charge is 0.338 e. The van der Waals surface area contributed by atoms with E-state index >= 15 is 0 Å². The molecule has 2 aromatic rings. The van der Waals surface area contributed by atoms with E-state index in [4.69, 9.17) is 4.74 Å². The number of carbonyl (C=O) groups excluding carboxylic acids is 1. The van der Waals surface area contributed by atoms with Crippen LogP contribution in [0, 0.1) is 13.8 Å². The fourth-order valence-electron chi connectivity index (χ4n) is 3.33. The average molecular weight is 368 g/mol. The van der Waals surface area contributed by atoms with E-state index in [-0.39, 0.29) is 5.97 Å². The van der Waals surface area contributed by atoms with Gasteiger partial charge >= 0.3 is 5.97 Å². The van der Waals surface area contributed by atoms with E-state index in [1.165, 1.54) is 0 Å². The van der Waals surface area contributed by atoms with Crippen molar-refractivity contribution >= 4 is 12.2 Å². The summed E-state index contributed by atoms with van der Waals surface area (Å²) in [5.74, 6) is -0.287. The summed E-state index contributed by atoms with van der Waals surface area (Å²) in [6.45, 7) is 10.4. The number of piperazine rings is 1. The zero-order valence-corrected chi connectivity index (χ0v) is 16.6. The van der Waals surface area contributed by atoms with Gasteiger partial charge in [-0.15, -0.1) is 0 Å². The van der Waals surface area contributed by atoms with Crippen LogP contribution < -0.4 is 0 Å². The van der Waals surface area contributed by atoms with Crippen LogP contribution in [0.4, 0.5) is 0 Å². The summed E-state index contributed by atoms with van der Waals surface area (Å²) in [5.41, 5.74) is 4.98. The molecular formula is C21H28N4O2. The van der Waals surface area contributed by atoms with E-state index < -0.39 is 0 Å². The molecule has 0 saturated carbocycles. The number of hydrogen-bond acceptors (Lipinski definition) is 5. The molecule has 1 aromatic heterocycles. The maximum absolute atomic E-state index is 11.8. The average Bonchev–Trinajstić information content (AvgIpc) is 2.95. The topological polar surface area (TPSA) is 50.1 Å².